The van der Waals surface area contributed by atoms with E-state index in [-0.39, 0.29) is 6.10 Å². The molecule has 0 aliphatic carbocycles. The lowest BCUT2D eigenvalue weighted by Gasteiger charge is -2.32. The van der Waals surface area contributed by atoms with E-state index in [1.807, 2.05) is 30.0 Å². The van der Waals surface area contributed by atoms with Crippen molar-refractivity contribution in [3.63, 3.8) is 0 Å². The van der Waals surface area contributed by atoms with Crippen LogP contribution in [0.3, 0.4) is 0 Å². The Hall–Kier alpha value is -0.840. The van der Waals surface area contributed by atoms with E-state index in [1.54, 1.807) is 0 Å². The van der Waals surface area contributed by atoms with Gasteiger partial charge in [-0.3, -0.25) is 0 Å². The molecule has 0 spiro atoms. The van der Waals surface area contributed by atoms with Gasteiger partial charge >= 0.3 is 0 Å². The van der Waals surface area contributed by atoms with Crippen molar-refractivity contribution in [2.45, 2.75) is 25.9 Å². The number of anilines is 1. The van der Waals surface area contributed by atoms with Crippen molar-refractivity contribution in [3.05, 3.63) is 28.8 Å². The van der Waals surface area contributed by atoms with Crippen molar-refractivity contribution < 1.29 is 5.11 Å². The minimum Gasteiger partial charge on any atom is -0.391 e. The van der Waals surface area contributed by atoms with Gasteiger partial charge in [0.05, 0.1) is 6.10 Å². The van der Waals surface area contributed by atoms with Crippen molar-refractivity contribution >= 4 is 34.6 Å². The van der Waals surface area contributed by atoms with Crippen molar-refractivity contribution in [3.8, 4) is 0 Å². The van der Waals surface area contributed by atoms with Crippen LogP contribution in [0.4, 0.5) is 5.69 Å². The summed E-state index contributed by atoms with van der Waals surface area (Å²) in [5.41, 5.74) is 1.91. The number of thiocarbonyl (C=S) groups is 1. The van der Waals surface area contributed by atoms with E-state index in [2.05, 4.69) is 5.32 Å². The monoisotopic (exact) mass is 284 g/mol. The molecule has 98 valence electrons. The van der Waals surface area contributed by atoms with Crippen LogP contribution in [0, 0.1) is 6.92 Å². The first-order valence-corrected chi connectivity index (χ1v) is 6.85. The molecule has 0 aromatic heterocycles. The van der Waals surface area contributed by atoms with E-state index >= 15 is 0 Å². The van der Waals surface area contributed by atoms with Crippen LogP contribution in [0.5, 0.6) is 0 Å². The molecule has 2 N–H and O–H groups in total. The Morgan fingerprint density at radius 1 is 1.56 bits per heavy atom. The van der Waals surface area contributed by atoms with Gasteiger partial charge in [0.15, 0.2) is 5.11 Å². The molecule has 1 fully saturated rings. The van der Waals surface area contributed by atoms with Crippen LogP contribution in [-0.2, 0) is 0 Å². The molecule has 3 nitrogen and oxygen atoms in total. The molecule has 2 rings (SSSR count). The number of nitrogens with zero attached hydrogens (tertiary/aromatic N) is 1. The third-order valence-corrected chi connectivity index (χ3v) is 3.96. The Morgan fingerprint density at radius 2 is 2.33 bits per heavy atom. The van der Waals surface area contributed by atoms with E-state index in [0.717, 1.165) is 35.7 Å². The topological polar surface area (TPSA) is 35.5 Å². The second-order valence-corrected chi connectivity index (χ2v) is 5.38. The van der Waals surface area contributed by atoms with E-state index in [9.17, 15) is 5.11 Å². The highest BCUT2D eigenvalue weighted by atomic mass is 35.5. The number of aliphatic hydroxyl groups is 1. The van der Waals surface area contributed by atoms with Gasteiger partial charge in [0.25, 0.3) is 0 Å². The Morgan fingerprint density at radius 3 is 3.06 bits per heavy atom. The van der Waals surface area contributed by atoms with E-state index in [4.69, 9.17) is 23.8 Å². The van der Waals surface area contributed by atoms with Crippen LogP contribution >= 0.6 is 23.8 Å². The third-order valence-electron chi connectivity index (χ3n) is 3.19. The molecule has 1 aliphatic rings. The summed E-state index contributed by atoms with van der Waals surface area (Å²) >= 11 is 11.4. The number of aliphatic hydroxyl groups excluding tert-OH is 1. The highest BCUT2D eigenvalue weighted by molar-refractivity contribution is 7.80. The number of likely N-dealkylation sites (tertiary alicyclic amines) is 1. The van der Waals surface area contributed by atoms with Gasteiger partial charge in [-0.05, 0) is 49.7 Å². The molecule has 0 saturated carbocycles. The molecule has 1 atom stereocenters. The number of hydrogen-bond donors (Lipinski definition) is 2. The first kappa shape index (κ1) is 13.6. The molecule has 0 radical (unpaired) electrons. The summed E-state index contributed by atoms with van der Waals surface area (Å²) in [4.78, 5) is 2.00. The van der Waals surface area contributed by atoms with Gasteiger partial charge < -0.3 is 15.3 Å². The molecule has 1 aromatic carbocycles. The lowest BCUT2D eigenvalue weighted by Crippen LogP contribution is -2.44. The van der Waals surface area contributed by atoms with Gasteiger partial charge in [-0.1, -0.05) is 17.7 Å². The van der Waals surface area contributed by atoms with Gasteiger partial charge in [-0.25, -0.2) is 0 Å². The molecule has 0 unspecified atom stereocenters. The van der Waals surface area contributed by atoms with Crippen molar-refractivity contribution in [2.24, 2.45) is 0 Å². The molecule has 5 heteroatoms. The molecule has 0 bridgehead atoms. The minimum atomic E-state index is -0.279. The average Bonchev–Trinajstić information content (AvgIpc) is 2.35. The van der Waals surface area contributed by atoms with Crippen LogP contribution in [-0.4, -0.2) is 34.3 Å². The predicted molar refractivity (Wildman–Crippen MR) is 79.2 cm³/mol. The zero-order valence-corrected chi connectivity index (χ0v) is 11.9. The molecule has 1 aromatic rings. The quantitative estimate of drug-likeness (QED) is 0.778. The van der Waals surface area contributed by atoms with Crippen LogP contribution in [0.2, 0.25) is 5.02 Å². The van der Waals surface area contributed by atoms with Crippen LogP contribution in [0.25, 0.3) is 0 Å². The molecule has 0 amide bonds. The van der Waals surface area contributed by atoms with E-state index in [1.165, 1.54) is 0 Å². The Bertz CT molecular complexity index is 453. The molecule has 1 saturated heterocycles. The standard InChI is InChI=1S/C13H17ClN2OS/c1-9-11(14)5-2-6-12(9)15-13(18)16-7-3-4-10(17)8-16/h2,5-6,10,17H,3-4,7-8H2,1H3,(H,15,18)/t10-/m1/s1. The second-order valence-electron chi connectivity index (χ2n) is 4.58. The summed E-state index contributed by atoms with van der Waals surface area (Å²) < 4.78 is 0. The van der Waals surface area contributed by atoms with Gasteiger partial charge in [-0.15, -0.1) is 0 Å². The molecular formula is C13H17ClN2OS. The van der Waals surface area contributed by atoms with Crippen molar-refractivity contribution in [1.29, 1.82) is 0 Å². The van der Waals surface area contributed by atoms with Gasteiger partial charge in [0.2, 0.25) is 0 Å². The summed E-state index contributed by atoms with van der Waals surface area (Å²) in [6.45, 7) is 3.45. The minimum absolute atomic E-state index is 0.279. The van der Waals surface area contributed by atoms with Crippen LogP contribution in [0.1, 0.15) is 18.4 Å². The van der Waals surface area contributed by atoms with E-state index in [0.29, 0.717) is 11.7 Å². The number of benzene rings is 1. The van der Waals surface area contributed by atoms with Crippen molar-refractivity contribution in [1.82, 2.24) is 4.90 Å². The maximum Gasteiger partial charge on any atom is 0.173 e. The zero-order valence-electron chi connectivity index (χ0n) is 10.3. The predicted octanol–water partition coefficient (Wildman–Crippen LogP) is 2.80. The normalized spacial score (nSPS) is 19.7. The molecular weight excluding hydrogens is 268 g/mol. The first-order chi connectivity index (χ1) is 8.58. The van der Waals surface area contributed by atoms with Crippen LogP contribution < -0.4 is 5.32 Å². The van der Waals surface area contributed by atoms with Crippen molar-refractivity contribution in [2.75, 3.05) is 18.4 Å². The number of nitrogens with one attached hydrogen (secondary N) is 1. The largest absolute Gasteiger partial charge is 0.391 e. The summed E-state index contributed by atoms with van der Waals surface area (Å²) in [5, 5.41) is 14.2. The number of piperidine rings is 1. The van der Waals surface area contributed by atoms with Gasteiger partial charge in [0.1, 0.15) is 0 Å². The fourth-order valence-corrected chi connectivity index (χ4v) is 2.53. The fourth-order valence-electron chi connectivity index (χ4n) is 2.08. The average molecular weight is 285 g/mol. The first-order valence-electron chi connectivity index (χ1n) is 6.07. The summed E-state index contributed by atoms with van der Waals surface area (Å²) in [7, 11) is 0. The maximum atomic E-state index is 9.64. The second kappa shape index (κ2) is 5.87. The SMILES string of the molecule is Cc1c(Cl)cccc1NC(=S)N1CCC[C@@H](O)C1. The summed E-state index contributed by atoms with van der Waals surface area (Å²) in [5.74, 6) is 0. The summed E-state index contributed by atoms with van der Waals surface area (Å²) in [6.07, 6.45) is 1.55. The fraction of sp³-hybridized carbons (Fsp3) is 0.462. The smallest absolute Gasteiger partial charge is 0.173 e. The van der Waals surface area contributed by atoms with Gasteiger partial charge in [-0.2, -0.15) is 0 Å². The number of rotatable bonds is 1. The summed E-state index contributed by atoms with van der Waals surface area (Å²) in [6, 6.07) is 5.70. The van der Waals surface area contributed by atoms with Gasteiger partial charge in [0, 0.05) is 23.8 Å². The number of halogens is 1. The van der Waals surface area contributed by atoms with E-state index < -0.39 is 0 Å². The third kappa shape index (κ3) is 3.13. The highest BCUT2D eigenvalue weighted by Crippen LogP contribution is 2.23. The Kier molecular flexibility index (Phi) is 4.43. The molecule has 18 heavy (non-hydrogen) atoms. The lowest BCUT2D eigenvalue weighted by molar-refractivity contribution is 0.104. The highest BCUT2D eigenvalue weighted by Gasteiger charge is 2.20. The molecule has 1 heterocycles. The Balaban J connectivity index is 2.04. The molecule has 1 aliphatic heterocycles. The van der Waals surface area contributed by atoms with Crippen LogP contribution in [0.15, 0.2) is 18.2 Å². The number of hydrogen-bond acceptors (Lipinski definition) is 2. The zero-order chi connectivity index (χ0) is 13.1. The maximum absolute atomic E-state index is 9.64. The Labute approximate surface area is 118 Å². The number of β-amino-alcohol motifs (C(OH)–C–C–N with tert-alkyl or cyclic N) is 1. The lowest BCUT2D eigenvalue weighted by atomic mass is 10.1.